The monoisotopic (exact) mass is 186 g/mol. The maximum atomic E-state index is 11.0. The molecule has 0 aromatic rings. The molecule has 0 aromatic heterocycles. The first-order valence-electron chi connectivity index (χ1n) is 4.33. The Kier molecular flexibility index (Phi) is 5.11. The van der Waals surface area contributed by atoms with E-state index in [1.807, 2.05) is 20.8 Å². The van der Waals surface area contributed by atoms with Crippen molar-refractivity contribution in [3.8, 4) is 0 Å². The molecule has 0 aliphatic heterocycles. The summed E-state index contributed by atoms with van der Waals surface area (Å²) < 4.78 is 5.02. The van der Waals surface area contributed by atoms with Gasteiger partial charge in [-0.2, -0.15) is 0 Å². The van der Waals surface area contributed by atoms with Crippen molar-refractivity contribution in [1.29, 1.82) is 0 Å². The van der Waals surface area contributed by atoms with E-state index < -0.39 is 5.60 Å². The van der Waals surface area contributed by atoms with Crippen molar-refractivity contribution in [3.63, 3.8) is 0 Å². The van der Waals surface area contributed by atoms with Crippen molar-refractivity contribution in [3.05, 3.63) is 0 Å². The number of amides is 1. The third-order valence-electron chi connectivity index (χ3n) is 1.12. The van der Waals surface area contributed by atoms with Gasteiger partial charge in [0.05, 0.1) is 0 Å². The molecule has 0 unspecified atom stereocenters. The highest BCUT2D eigenvalue weighted by molar-refractivity contribution is 5.68. The summed E-state index contributed by atoms with van der Waals surface area (Å²) in [7, 11) is 1.70. The van der Waals surface area contributed by atoms with E-state index in [2.05, 4.69) is 10.3 Å². The fraction of sp³-hybridized carbons (Fsp3) is 0.778. The average molecular weight is 186 g/mol. The summed E-state index contributed by atoms with van der Waals surface area (Å²) in [5.41, 5.74) is -0.428. The second kappa shape index (κ2) is 5.56. The van der Waals surface area contributed by atoms with E-state index in [1.165, 1.54) is 0 Å². The normalized spacial score (nSPS) is 11.7. The van der Waals surface area contributed by atoms with Crippen molar-refractivity contribution in [2.45, 2.75) is 32.8 Å². The van der Waals surface area contributed by atoms with E-state index in [0.29, 0.717) is 6.54 Å². The molecule has 0 spiro atoms. The first-order chi connectivity index (χ1) is 5.95. The largest absolute Gasteiger partial charge is 0.444 e. The summed E-state index contributed by atoms with van der Waals surface area (Å²) in [6, 6.07) is 0. The lowest BCUT2D eigenvalue weighted by Gasteiger charge is -2.19. The van der Waals surface area contributed by atoms with Gasteiger partial charge in [-0.25, -0.2) is 4.79 Å². The van der Waals surface area contributed by atoms with Gasteiger partial charge in [-0.3, -0.25) is 0 Å². The molecule has 4 heteroatoms. The molecule has 0 fully saturated rings. The number of hydrogen-bond acceptors (Lipinski definition) is 3. The van der Waals surface area contributed by atoms with E-state index in [4.69, 9.17) is 4.74 Å². The zero-order valence-electron chi connectivity index (χ0n) is 8.76. The average Bonchev–Trinajstić information content (AvgIpc) is 1.94. The maximum Gasteiger partial charge on any atom is 0.407 e. The van der Waals surface area contributed by atoms with E-state index in [1.54, 1.807) is 13.3 Å². The lowest BCUT2D eigenvalue weighted by atomic mass is 10.2. The molecule has 0 saturated carbocycles. The van der Waals surface area contributed by atoms with Crippen LogP contribution in [-0.2, 0) is 4.74 Å². The zero-order valence-corrected chi connectivity index (χ0v) is 8.76. The van der Waals surface area contributed by atoms with Gasteiger partial charge in [0.15, 0.2) is 0 Å². The molecule has 0 saturated heterocycles. The standard InChI is InChI=1S/C9H18N2O2/c1-9(2,3)13-8(12)11-7-5-6-10-4/h6H,5,7H2,1-4H3,(H,11,12). The minimum atomic E-state index is -0.428. The van der Waals surface area contributed by atoms with Crippen LogP contribution in [0.5, 0.6) is 0 Å². The number of nitrogens with one attached hydrogen (secondary N) is 1. The van der Waals surface area contributed by atoms with Crippen LogP contribution < -0.4 is 5.32 Å². The van der Waals surface area contributed by atoms with Gasteiger partial charge in [0.1, 0.15) is 5.60 Å². The molecular formula is C9H18N2O2. The Labute approximate surface area is 79.4 Å². The molecule has 76 valence electrons. The van der Waals surface area contributed by atoms with Gasteiger partial charge in [0.25, 0.3) is 0 Å². The Bertz CT molecular complexity index is 183. The van der Waals surface area contributed by atoms with Crippen LogP contribution in [0.1, 0.15) is 27.2 Å². The van der Waals surface area contributed by atoms with E-state index >= 15 is 0 Å². The fourth-order valence-electron chi connectivity index (χ4n) is 0.682. The Hall–Kier alpha value is -1.06. The van der Waals surface area contributed by atoms with Crippen LogP contribution in [0.3, 0.4) is 0 Å². The first-order valence-corrected chi connectivity index (χ1v) is 4.33. The number of carbonyl (C=O) groups excluding carboxylic acids is 1. The number of ether oxygens (including phenoxy) is 1. The molecule has 0 aliphatic carbocycles. The number of hydrogen-bond donors (Lipinski definition) is 1. The van der Waals surface area contributed by atoms with Gasteiger partial charge < -0.3 is 15.0 Å². The summed E-state index contributed by atoms with van der Waals surface area (Å²) in [5, 5.41) is 2.62. The van der Waals surface area contributed by atoms with Gasteiger partial charge in [-0.05, 0) is 27.2 Å². The lowest BCUT2D eigenvalue weighted by Crippen LogP contribution is -2.33. The smallest absolute Gasteiger partial charge is 0.407 e. The van der Waals surface area contributed by atoms with Crippen molar-refractivity contribution in [2.75, 3.05) is 13.6 Å². The van der Waals surface area contributed by atoms with Crippen molar-refractivity contribution in [1.82, 2.24) is 5.32 Å². The van der Waals surface area contributed by atoms with Gasteiger partial charge in [0.2, 0.25) is 0 Å². The number of nitrogens with zero attached hydrogens (tertiary/aromatic N) is 1. The molecular weight excluding hydrogens is 168 g/mol. The highest BCUT2D eigenvalue weighted by Gasteiger charge is 2.14. The maximum absolute atomic E-state index is 11.0. The second-order valence-electron chi connectivity index (χ2n) is 3.66. The Morgan fingerprint density at radius 1 is 1.54 bits per heavy atom. The SMILES string of the molecule is CN=CCCNC(=O)OC(C)(C)C. The predicted molar refractivity (Wildman–Crippen MR) is 53.3 cm³/mol. The highest BCUT2D eigenvalue weighted by atomic mass is 16.6. The fourth-order valence-corrected chi connectivity index (χ4v) is 0.682. The van der Waals surface area contributed by atoms with Crippen LogP contribution in [0.25, 0.3) is 0 Å². The minimum Gasteiger partial charge on any atom is -0.444 e. The predicted octanol–water partition coefficient (Wildman–Crippen LogP) is 1.60. The Balaban J connectivity index is 3.52. The van der Waals surface area contributed by atoms with Gasteiger partial charge >= 0.3 is 6.09 Å². The zero-order chi connectivity index (χ0) is 10.3. The molecule has 1 amide bonds. The first kappa shape index (κ1) is 11.9. The van der Waals surface area contributed by atoms with Crippen LogP contribution in [0.15, 0.2) is 4.99 Å². The Morgan fingerprint density at radius 3 is 2.62 bits per heavy atom. The van der Waals surface area contributed by atoms with Crippen LogP contribution in [0.2, 0.25) is 0 Å². The highest BCUT2D eigenvalue weighted by Crippen LogP contribution is 2.05. The van der Waals surface area contributed by atoms with Gasteiger partial charge in [-0.1, -0.05) is 0 Å². The van der Waals surface area contributed by atoms with E-state index in [0.717, 1.165) is 6.42 Å². The van der Waals surface area contributed by atoms with E-state index in [9.17, 15) is 4.79 Å². The molecule has 1 N–H and O–H groups in total. The number of rotatable bonds is 3. The van der Waals surface area contributed by atoms with E-state index in [-0.39, 0.29) is 6.09 Å². The summed E-state index contributed by atoms with van der Waals surface area (Å²) in [5.74, 6) is 0. The molecule has 13 heavy (non-hydrogen) atoms. The summed E-state index contributed by atoms with van der Waals surface area (Å²) in [6.07, 6.45) is 2.10. The molecule has 0 aromatic carbocycles. The third-order valence-corrected chi connectivity index (χ3v) is 1.12. The summed E-state index contributed by atoms with van der Waals surface area (Å²) >= 11 is 0. The molecule has 0 bridgehead atoms. The third kappa shape index (κ3) is 8.85. The number of carbonyl (C=O) groups is 1. The molecule has 0 aliphatic rings. The molecule has 0 rings (SSSR count). The second-order valence-corrected chi connectivity index (χ2v) is 3.66. The summed E-state index contributed by atoms with van der Waals surface area (Å²) in [4.78, 5) is 14.8. The minimum absolute atomic E-state index is 0.378. The quantitative estimate of drug-likeness (QED) is 0.537. The number of alkyl carbamates (subject to hydrolysis) is 1. The topological polar surface area (TPSA) is 50.7 Å². The molecule has 0 atom stereocenters. The summed E-state index contributed by atoms with van der Waals surface area (Å²) in [6.45, 7) is 6.06. The van der Waals surface area contributed by atoms with Crippen LogP contribution >= 0.6 is 0 Å². The molecule has 0 radical (unpaired) electrons. The molecule has 0 heterocycles. The lowest BCUT2D eigenvalue weighted by molar-refractivity contribution is 0.0529. The van der Waals surface area contributed by atoms with Crippen LogP contribution in [-0.4, -0.2) is 31.5 Å². The molecule has 4 nitrogen and oxygen atoms in total. The van der Waals surface area contributed by atoms with Gasteiger partial charge in [-0.15, -0.1) is 0 Å². The number of aliphatic imine (C=N–C) groups is 1. The Morgan fingerprint density at radius 2 is 2.15 bits per heavy atom. The van der Waals surface area contributed by atoms with Crippen molar-refractivity contribution < 1.29 is 9.53 Å². The van der Waals surface area contributed by atoms with Crippen molar-refractivity contribution in [2.24, 2.45) is 4.99 Å². The van der Waals surface area contributed by atoms with Crippen molar-refractivity contribution >= 4 is 12.3 Å². The van der Waals surface area contributed by atoms with Crippen LogP contribution in [0.4, 0.5) is 4.79 Å². The van der Waals surface area contributed by atoms with Crippen LogP contribution in [0, 0.1) is 0 Å². The van der Waals surface area contributed by atoms with Gasteiger partial charge in [0, 0.05) is 19.8 Å².